The van der Waals surface area contributed by atoms with E-state index in [0.29, 0.717) is 19.6 Å². The predicted octanol–water partition coefficient (Wildman–Crippen LogP) is -0.617. The molecule has 2 aliphatic heterocycles. The molecule has 6 heteroatoms. The first-order chi connectivity index (χ1) is 7.90. The number of nitrogens with zero attached hydrogens (tertiary/aromatic N) is 2. The molecule has 2 saturated heterocycles. The van der Waals surface area contributed by atoms with Gasteiger partial charge in [0.15, 0.2) is 0 Å². The number of aliphatic hydroxyl groups is 1. The van der Waals surface area contributed by atoms with Crippen molar-refractivity contribution in [3.8, 4) is 0 Å². The summed E-state index contributed by atoms with van der Waals surface area (Å²) in [6, 6.07) is -0.320. The van der Waals surface area contributed by atoms with Crippen LogP contribution < -0.4 is 5.32 Å². The predicted molar refractivity (Wildman–Crippen MR) is 61.4 cm³/mol. The molecular formula is C11H19N3O3. The molecule has 0 aromatic rings. The SMILES string of the molecule is CC1(C)NC(=O)N(CCN2CC[C@@H](O)C2)C1=O. The highest BCUT2D eigenvalue weighted by molar-refractivity contribution is 6.06. The molecule has 0 spiro atoms. The molecule has 1 atom stereocenters. The van der Waals surface area contributed by atoms with Crippen molar-refractivity contribution in [1.82, 2.24) is 15.1 Å². The van der Waals surface area contributed by atoms with E-state index in [4.69, 9.17) is 0 Å². The van der Waals surface area contributed by atoms with Crippen LogP contribution in [0.3, 0.4) is 0 Å². The van der Waals surface area contributed by atoms with Crippen LogP contribution in [0, 0.1) is 0 Å². The van der Waals surface area contributed by atoms with Crippen LogP contribution in [0.1, 0.15) is 20.3 Å². The lowest BCUT2D eigenvalue weighted by Crippen LogP contribution is -2.41. The van der Waals surface area contributed by atoms with E-state index in [2.05, 4.69) is 10.2 Å². The van der Waals surface area contributed by atoms with Gasteiger partial charge >= 0.3 is 6.03 Å². The Morgan fingerprint density at radius 2 is 2.12 bits per heavy atom. The van der Waals surface area contributed by atoms with E-state index >= 15 is 0 Å². The van der Waals surface area contributed by atoms with Gasteiger partial charge < -0.3 is 10.4 Å². The third-order valence-corrected chi connectivity index (χ3v) is 3.33. The number of aliphatic hydroxyl groups excluding tert-OH is 1. The van der Waals surface area contributed by atoms with Gasteiger partial charge in [-0.1, -0.05) is 0 Å². The van der Waals surface area contributed by atoms with Crippen LogP contribution in [0.15, 0.2) is 0 Å². The Bertz CT molecular complexity index is 343. The molecule has 2 rings (SSSR count). The number of hydrogen-bond acceptors (Lipinski definition) is 4. The van der Waals surface area contributed by atoms with Crippen molar-refractivity contribution >= 4 is 11.9 Å². The molecule has 2 aliphatic rings. The summed E-state index contributed by atoms with van der Waals surface area (Å²) in [5, 5.41) is 12.0. The lowest BCUT2D eigenvalue weighted by Gasteiger charge is -2.20. The van der Waals surface area contributed by atoms with Crippen LogP contribution in [0.2, 0.25) is 0 Å². The van der Waals surface area contributed by atoms with Gasteiger partial charge in [-0.05, 0) is 20.3 Å². The van der Waals surface area contributed by atoms with E-state index in [1.165, 1.54) is 4.90 Å². The maximum Gasteiger partial charge on any atom is 0.325 e. The summed E-state index contributed by atoms with van der Waals surface area (Å²) in [6.07, 6.45) is 0.501. The number of rotatable bonds is 3. The number of urea groups is 1. The van der Waals surface area contributed by atoms with Crippen molar-refractivity contribution in [2.24, 2.45) is 0 Å². The Morgan fingerprint density at radius 1 is 1.41 bits per heavy atom. The van der Waals surface area contributed by atoms with Crippen molar-refractivity contribution in [2.45, 2.75) is 31.9 Å². The van der Waals surface area contributed by atoms with Gasteiger partial charge in [-0.15, -0.1) is 0 Å². The quantitative estimate of drug-likeness (QED) is 0.646. The van der Waals surface area contributed by atoms with Gasteiger partial charge in [0.2, 0.25) is 0 Å². The normalized spacial score (nSPS) is 28.9. The largest absolute Gasteiger partial charge is 0.392 e. The molecule has 0 bridgehead atoms. The summed E-state index contributed by atoms with van der Waals surface area (Å²) < 4.78 is 0. The number of hydrogen-bond donors (Lipinski definition) is 2. The van der Waals surface area contributed by atoms with E-state index in [1.807, 2.05) is 0 Å². The fourth-order valence-electron chi connectivity index (χ4n) is 2.28. The first kappa shape index (κ1) is 12.3. The topological polar surface area (TPSA) is 72.9 Å². The van der Waals surface area contributed by atoms with Gasteiger partial charge in [0.25, 0.3) is 5.91 Å². The van der Waals surface area contributed by atoms with Gasteiger partial charge in [-0.3, -0.25) is 14.6 Å². The van der Waals surface area contributed by atoms with Crippen molar-refractivity contribution < 1.29 is 14.7 Å². The zero-order chi connectivity index (χ0) is 12.6. The Kier molecular flexibility index (Phi) is 3.09. The molecule has 17 heavy (non-hydrogen) atoms. The minimum atomic E-state index is -0.790. The molecule has 0 aliphatic carbocycles. The average molecular weight is 241 g/mol. The fraction of sp³-hybridized carbons (Fsp3) is 0.818. The van der Waals surface area contributed by atoms with Crippen molar-refractivity contribution in [1.29, 1.82) is 0 Å². The van der Waals surface area contributed by atoms with Gasteiger partial charge in [0.1, 0.15) is 5.54 Å². The molecule has 6 nitrogen and oxygen atoms in total. The molecule has 0 saturated carbocycles. The third-order valence-electron chi connectivity index (χ3n) is 3.33. The van der Waals surface area contributed by atoms with Gasteiger partial charge in [-0.2, -0.15) is 0 Å². The minimum Gasteiger partial charge on any atom is -0.392 e. The van der Waals surface area contributed by atoms with Crippen LogP contribution in [0.4, 0.5) is 4.79 Å². The lowest BCUT2D eigenvalue weighted by atomic mass is 10.1. The molecule has 2 heterocycles. The van der Waals surface area contributed by atoms with Crippen LogP contribution in [0.5, 0.6) is 0 Å². The molecule has 3 amide bonds. The Labute approximate surface area is 101 Å². The Morgan fingerprint density at radius 3 is 2.59 bits per heavy atom. The molecule has 96 valence electrons. The molecule has 0 radical (unpaired) electrons. The highest BCUT2D eigenvalue weighted by atomic mass is 16.3. The molecule has 2 N–H and O–H groups in total. The van der Waals surface area contributed by atoms with Crippen molar-refractivity contribution in [3.05, 3.63) is 0 Å². The lowest BCUT2D eigenvalue weighted by molar-refractivity contribution is -0.130. The zero-order valence-corrected chi connectivity index (χ0v) is 10.3. The third kappa shape index (κ3) is 2.42. The summed E-state index contributed by atoms with van der Waals surface area (Å²) in [4.78, 5) is 26.8. The molecule has 2 fully saturated rings. The highest BCUT2D eigenvalue weighted by Gasteiger charge is 2.44. The van der Waals surface area contributed by atoms with Crippen LogP contribution in [0.25, 0.3) is 0 Å². The minimum absolute atomic E-state index is 0.178. The molecule has 0 aromatic carbocycles. The summed E-state index contributed by atoms with van der Waals surface area (Å²) in [7, 11) is 0. The second-order valence-corrected chi connectivity index (χ2v) is 5.26. The summed E-state index contributed by atoms with van der Waals surface area (Å²) >= 11 is 0. The van der Waals surface area contributed by atoms with Crippen LogP contribution in [-0.4, -0.2) is 64.7 Å². The van der Waals surface area contributed by atoms with Crippen molar-refractivity contribution in [3.63, 3.8) is 0 Å². The van der Waals surface area contributed by atoms with Gasteiger partial charge in [-0.25, -0.2) is 4.79 Å². The summed E-state index contributed by atoms with van der Waals surface area (Å²) in [5.74, 6) is -0.178. The smallest absolute Gasteiger partial charge is 0.325 e. The molecule has 0 aromatic heterocycles. The number of amides is 3. The number of β-amino-alcohol motifs (C(OH)–C–C–N with tert-alkyl or cyclic N) is 1. The van der Waals surface area contributed by atoms with Gasteiger partial charge in [0.05, 0.1) is 6.10 Å². The monoisotopic (exact) mass is 241 g/mol. The maximum atomic E-state index is 11.9. The first-order valence-electron chi connectivity index (χ1n) is 5.95. The highest BCUT2D eigenvalue weighted by Crippen LogP contribution is 2.17. The number of carbonyl (C=O) groups excluding carboxylic acids is 2. The van der Waals surface area contributed by atoms with Crippen LogP contribution in [-0.2, 0) is 4.79 Å². The number of imide groups is 1. The number of nitrogens with one attached hydrogen (secondary N) is 1. The van der Waals surface area contributed by atoms with Crippen molar-refractivity contribution in [2.75, 3.05) is 26.2 Å². The average Bonchev–Trinajstić information content (AvgIpc) is 2.70. The maximum absolute atomic E-state index is 11.9. The second-order valence-electron chi connectivity index (χ2n) is 5.26. The Hall–Kier alpha value is -1.14. The van der Waals surface area contributed by atoms with E-state index in [0.717, 1.165) is 13.0 Å². The van der Waals surface area contributed by atoms with E-state index < -0.39 is 5.54 Å². The summed E-state index contributed by atoms with van der Waals surface area (Å²) in [5.41, 5.74) is -0.790. The summed E-state index contributed by atoms with van der Waals surface area (Å²) in [6.45, 7) is 5.88. The van der Waals surface area contributed by atoms with Crippen LogP contribution >= 0.6 is 0 Å². The van der Waals surface area contributed by atoms with Gasteiger partial charge in [0, 0.05) is 26.2 Å². The standard InChI is InChI=1S/C11H19N3O3/c1-11(2)9(16)14(10(17)12-11)6-5-13-4-3-8(15)7-13/h8,15H,3-7H2,1-2H3,(H,12,17)/t8-/m1/s1. The molecular weight excluding hydrogens is 222 g/mol. The fourth-order valence-corrected chi connectivity index (χ4v) is 2.28. The second kappa shape index (κ2) is 4.27. The van der Waals surface area contributed by atoms with E-state index in [1.54, 1.807) is 13.8 Å². The Balaban J connectivity index is 1.87. The first-order valence-corrected chi connectivity index (χ1v) is 5.95. The number of carbonyl (C=O) groups is 2. The van der Waals surface area contributed by atoms with E-state index in [9.17, 15) is 14.7 Å². The zero-order valence-electron chi connectivity index (χ0n) is 10.3. The number of likely N-dealkylation sites (tertiary alicyclic amines) is 1. The van der Waals surface area contributed by atoms with E-state index in [-0.39, 0.29) is 18.0 Å². The molecule has 0 unspecified atom stereocenters.